The second-order valence-electron chi connectivity index (χ2n) is 8.89. The third-order valence-electron chi connectivity index (χ3n) is 7.18. The van der Waals surface area contributed by atoms with E-state index in [4.69, 9.17) is 16.3 Å². The van der Waals surface area contributed by atoms with Crippen molar-refractivity contribution in [2.45, 2.75) is 19.3 Å². The van der Waals surface area contributed by atoms with Crippen LogP contribution < -0.4 is 4.74 Å². The van der Waals surface area contributed by atoms with Gasteiger partial charge in [0.2, 0.25) is 0 Å². The summed E-state index contributed by atoms with van der Waals surface area (Å²) in [5.74, 6) is -1.58. The van der Waals surface area contributed by atoms with Crippen molar-refractivity contribution in [2.24, 2.45) is 23.7 Å². The van der Waals surface area contributed by atoms with Crippen LogP contribution in [0.25, 0.3) is 0 Å². The average molecular weight is 467 g/mol. The van der Waals surface area contributed by atoms with Crippen molar-refractivity contribution in [1.82, 2.24) is 10.0 Å². The number of carbonyl (C=O) groups is 4. The molecule has 3 amide bonds. The molecule has 1 aliphatic heterocycles. The molecule has 2 aliphatic carbocycles. The first-order chi connectivity index (χ1) is 15.9. The van der Waals surface area contributed by atoms with Crippen LogP contribution in [0.3, 0.4) is 0 Å². The summed E-state index contributed by atoms with van der Waals surface area (Å²) < 4.78 is 5.13. The van der Waals surface area contributed by atoms with Gasteiger partial charge in [-0.05, 0) is 79.6 Å². The van der Waals surface area contributed by atoms with E-state index in [2.05, 4.69) is 0 Å². The minimum absolute atomic E-state index is 0.172. The zero-order valence-corrected chi connectivity index (χ0v) is 18.8. The summed E-state index contributed by atoms with van der Waals surface area (Å²) in [6.07, 6.45) is 2.74. The van der Waals surface area contributed by atoms with Gasteiger partial charge < -0.3 is 4.74 Å². The molecule has 0 unspecified atom stereocenters. The predicted molar refractivity (Wildman–Crippen MR) is 119 cm³/mol. The number of carbonyl (C=O) groups excluding carboxylic acids is 4. The van der Waals surface area contributed by atoms with E-state index in [-0.39, 0.29) is 35.0 Å². The Morgan fingerprint density at radius 3 is 2.03 bits per heavy atom. The van der Waals surface area contributed by atoms with Crippen molar-refractivity contribution < 1.29 is 23.9 Å². The van der Waals surface area contributed by atoms with Crippen LogP contribution in [0.4, 0.5) is 0 Å². The Kier molecular flexibility index (Phi) is 5.44. The lowest BCUT2D eigenvalue weighted by atomic mass is 9.81. The third-order valence-corrected chi connectivity index (χ3v) is 7.43. The van der Waals surface area contributed by atoms with Crippen molar-refractivity contribution in [3.8, 4) is 5.75 Å². The Balaban J connectivity index is 1.48. The van der Waals surface area contributed by atoms with Gasteiger partial charge in [0.25, 0.3) is 17.7 Å². The van der Waals surface area contributed by atoms with Gasteiger partial charge in [0.1, 0.15) is 12.3 Å². The highest BCUT2D eigenvalue weighted by Crippen LogP contribution is 2.56. The first kappa shape index (κ1) is 21.6. The standard InChI is InChI=1S/C25H23ClN2O5/c1-33-19-10-6-14(7-11-19)20(29)13-27(23(30)15-4-8-18(26)9-5-15)28-24(31)21-16-2-3-17(12-16)22(21)25(28)32/h4-11,16-17,21-22H,2-3,12-13H2,1H3/t16-,17-,21+,22+/m0/s1. The Bertz CT molecular complexity index is 1100. The first-order valence-corrected chi connectivity index (χ1v) is 11.4. The molecule has 170 valence electrons. The fourth-order valence-corrected chi connectivity index (χ4v) is 5.74. The first-order valence-electron chi connectivity index (χ1n) is 11.0. The van der Waals surface area contributed by atoms with Crippen LogP contribution in [-0.2, 0) is 9.59 Å². The van der Waals surface area contributed by atoms with Crippen molar-refractivity contribution >= 4 is 35.1 Å². The van der Waals surface area contributed by atoms with E-state index in [0.29, 0.717) is 16.3 Å². The van der Waals surface area contributed by atoms with E-state index in [9.17, 15) is 19.2 Å². The highest BCUT2D eigenvalue weighted by molar-refractivity contribution is 6.30. The number of ether oxygens (including phenoxy) is 1. The zero-order chi connectivity index (χ0) is 23.3. The van der Waals surface area contributed by atoms with Gasteiger partial charge in [0.05, 0.1) is 18.9 Å². The van der Waals surface area contributed by atoms with Crippen LogP contribution in [0.2, 0.25) is 5.02 Å². The normalized spacial score (nSPS) is 25.3. The summed E-state index contributed by atoms with van der Waals surface area (Å²) in [5, 5.41) is 2.41. The number of fused-ring (bicyclic) bond motifs is 5. The lowest BCUT2D eigenvalue weighted by Gasteiger charge is -2.30. The number of hydrazine groups is 1. The second-order valence-corrected chi connectivity index (χ2v) is 9.33. The SMILES string of the molecule is COc1ccc(C(=O)CN(C(=O)c2ccc(Cl)cc2)N2C(=O)[C@@H]3[C@H]4CC[C@@H](C4)[C@H]3C2=O)cc1. The van der Waals surface area contributed by atoms with Crippen LogP contribution >= 0.6 is 11.6 Å². The summed E-state index contributed by atoms with van der Waals surface area (Å²) >= 11 is 5.95. The van der Waals surface area contributed by atoms with E-state index in [1.807, 2.05) is 0 Å². The molecule has 2 aromatic rings. The lowest BCUT2D eigenvalue weighted by molar-refractivity contribution is -0.154. The molecule has 2 aromatic carbocycles. The molecule has 1 saturated heterocycles. The second kappa shape index (κ2) is 8.30. The van der Waals surface area contributed by atoms with Gasteiger partial charge in [0, 0.05) is 16.1 Å². The summed E-state index contributed by atoms with van der Waals surface area (Å²) in [7, 11) is 1.53. The van der Waals surface area contributed by atoms with Gasteiger partial charge in [0.15, 0.2) is 5.78 Å². The molecule has 2 bridgehead atoms. The smallest absolute Gasteiger partial charge is 0.273 e. The lowest BCUT2D eigenvalue weighted by Crippen LogP contribution is -2.52. The van der Waals surface area contributed by atoms with E-state index in [1.54, 1.807) is 36.4 Å². The molecule has 0 spiro atoms. The maximum atomic E-state index is 13.5. The predicted octanol–water partition coefficient (Wildman–Crippen LogP) is 3.62. The summed E-state index contributed by atoms with van der Waals surface area (Å²) in [5.41, 5.74) is 0.589. The number of ketones is 1. The number of nitrogens with zero attached hydrogens (tertiary/aromatic N) is 2. The molecule has 4 atom stereocenters. The number of hydrogen-bond donors (Lipinski definition) is 0. The Labute approximate surface area is 196 Å². The van der Waals surface area contributed by atoms with Crippen molar-refractivity contribution in [3.63, 3.8) is 0 Å². The fourth-order valence-electron chi connectivity index (χ4n) is 5.61. The topological polar surface area (TPSA) is 84.0 Å². The molecule has 0 N–H and O–H groups in total. The summed E-state index contributed by atoms with van der Waals surface area (Å²) in [6.45, 7) is -0.431. The fraction of sp³-hybridized carbons (Fsp3) is 0.360. The molecular weight excluding hydrogens is 444 g/mol. The van der Waals surface area contributed by atoms with Crippen LogP contribution in [0, 0.1) is 23.7 Å². The molecule has 2 saturated carbocycles. The molecule has 3 fully saturated rings. The quantitative estimate of drug-likeness (QED) is 0.479. The number of hydrogen-bond acceptors (Lipinski definition) is 5. The minimum atomic E-state index is -0.595. The Morgan fingerprint density at radius 1 is 0.939 bits per heavy atom. The number of Topliss-reactive ketones (excluding diaryl/α,β-unsaturated/α-hetero) is 1. The molecule has 8 heteroatoms. The van der Waals surface area contributed by atoms with Gasteiger partial charge in [-0.15, -0.1) is 0 Å². The largest absolute Gasteiger partial charge is 0.497 e. The van der Waals surface area contributed by atoms with Gasteiger partial charge in [-0.25, -0.2) is 5.01 Å². The van der Waals surface area contributed by atoms with E-state index in [1.165, 1.54) is 19.2 Å². The number of methoxy groups -OCH3 is 1. The summed E-state index contributed by atoms with van der Waals surface area (Å²) in [4.78, 5) is 53.3. The van der Waals surface area contributed by atoms with Crippen LogP contribution in [0.15, 0.2) is 48.5 Å². The molecule has 33 heavy (non-hydrogen) atoms. The maximum Gasteiger partial charge on any atom is 0.273 e. The Hall–Kier alpha value is -3.19. The van der Waals surface area contributed by atoms with Gasteiger partial charge in [-0.2, -0.15) is 5.01 Å². The van der Waals surface area contributed by atoms with Gasteiger partial charge in [-0.3, -0.25) is 19.2 Å². The number of amides is 3. The molecule has 0 aromatic heterocycles. The molecule has 1 heterocycles. The highest BCUT2D eigenvalue weighted by atomic mass is 35.5. The van der Waals surface area contributed by atoms with Crippen molar-refractivity contribution in [1.29, 1.82) is 0 Å². The van der Waals surface area contributed by atoms with Crippen molar-refractivity contribution in [3.05, 3.63) is 64.7 Å². The zero-order valence-electron chi connectivity index (χ0n) is 18.1. The monoisotopic (exact) mass is 466 g/mol. The highest BCUT2D eigenvalue weighted by Gasteiger charge is 2.62. The van der Waals surface area contributed by atoms with Crippen LogP contribution in [0.5, 0.6) is 5.75 Å². The van der Waals surface area contributed by atoms with Gasteiger partial charge in [-0.1, -0.05) is 11.6 Å². The van der Waals surface area contributed by atoms with E-state index >= 15 is 0 Å². The number of benzene rings is 2. The number of halogens is 1. The summed E-state index contributed by atoms with van der Waals surface area (Å²) in [6, 6.07) is 12.6. The third kappa shape index (κ3) is 3.60. The van der Waals surface area contributed by atoms with Crippen molar-refractivity contribution in [2.75, 3.05) is 13.7 Å². The average Bonchev–Trinajstić information content (AvgIpc) is 3.51. The molecule has 7 nitrogen and oxygen atoms in total. The van der Waals surface area contributed by atoms with Gasteiger partial charge >= 0.3 is 0 Å². The minimum Gasteiger partial charge on any atom is -0.497 e. The van der Waals surface area contributed by atoms with Crippen LogP contribution in [0.1, 0.15) is 40.0 Å². The molecule has 3 aliphatic rings. The van der Waals surface area contributed by atoms with Crippen LogP contribution in [-0.4, -0.2) is 47.2 Å². The molecule has 0 radical (unpaired) electrons. The molecular formula is C25H23ClN2O5. The maximum absolute atomic E-state index is 13.5. The number of imide groups is 1. The van der Waals surface area contributed by atoms with E-state index < -0.39 is 24.3 Å². The van der Waals surface area contributed by atoms with E-state index in [0.717, 1.165) is 29.3 Å². The Morgan fingerprint density at radius 2 is 1.48 bits per heavy atom. The molecule has 5 rings (SSSR count). The number of rotatable bonds is 6.